The Morgan fingerprint density at radius 2 is 1.90 bits per heavy atom. The number of anilines is 1. The zero-order valence-electron chi connectivity index (χ0n) is 11.8. The van der Waals surface area contributed by atoms with Gasteiger partial charge in [0.2, 0.25) is 0 Å². The Bertz CT molecular complexity index is 745. The molecule has 112 valence electrons. The molecule has 1 saturated heterocycles. The van der Waals surface area contributed by atoms with Crippen molar-refractivity contribution in [1.29, 1.82) is 0 Å². The number of nitrogens with zero attached hydrogens (tertiary/aromatic N) is 2. The summed E-state index contributed by atoms with van der Waals surface area (Å²) in [4.78, 5) is 6.81. The molecule has 0 spiro atoms. The van der Waals surface area contributed by atoms with Crippen molar-refractivity contribution in [3.63, 3.8) is 0 Å². The fourth-order valence-electron chi connectivity index (χ4n) is 2.69. The van der Waals surface area contributed by atoms with Gasteiger partial charge < -0.3 is 10.6 Å². The predicted molar refractivity (Wildman–Crippen MR) is 85.4 cm³/mol. The molecule has 0 amide bonds. The normalized spacial score (nSPS) is 18.0. The topological polar surface area (TPSA) is 76.3 Å². The van der Waals surface area contributed by atoms with Crippen LogP contribution in [-0.2, 0) is 16.3 Å². The number of para-hydroxylation sites is 1. The van der Waals surface area contributed by atoms with Gasteiger partial charge in [-0.2, -0.15) is 0 Å². The van der Waals surface area contributed by atoms with Crippen molar-refractivity contribution in [3.8, 4) is 0 Å². The van der Waals surface area contributed by atoms with E-state index < -0.39 is 9.84 Å². The first-order valence-corrected chi connectivity index (χ1v) is 8.95. The van der Waals surface area contributed by atoms with Gasteiger partial charge in [0.1, 0.15) is 5.82 Å². The third-order valence-corrected chi connectivity index (χ3v) is 5.45. The zero-order valence-corrected chi connectivity index (χ0v) is 12.6. The zero-order chi connectivity index (χ0) is 14.9. The lowest BCUT2D eigenvalue weighted by molar-refractivity contribution is 0.586. The van der Waals surface area contributed by atoms with Crippen LogP contribution in [0.15, 0.2) is 30.3 Å². The molecule has 0 unspecified atom stereocenters. The highest BCUT2D eigenvalue weighted by molar-refractivity contribution is 7.91. The molecule has 1 aliphatic rings. The van der Waals surface area contributed by atoms with Gasteiger partial charge in [-0.3, -0.25) is 0 Å². The van der Waals surface area contributed by atoms with E-state index in [1.807, 2.05) is 24.3 Å². The quantitative estimate of drug-likeness (QED) is 0.914. The van der Waals surface area contributed by atoms with E-state index in [1.54, 1.807) is 0 Å². The first kappa shape index (κ1) is 14.3. The van der Waals surface area contributed by atoms with Gasteiger partial charge in [0.25, 0.3) is 0 Å². The van der Waals surface area contributed by atoms with Crippen LogP contribution in [-0.4, -0.2) is 44.5 Å². The van der Waals surface area contributed by atoms with Gasteiger partial charge in [-0.25, -0.2) is 13.4 Å². The van der Waals surface area contributed by atoms with Crippen molar-refractivity contribution in [3.05, 3.63) is 35.9 Å². The molecule has 2 aromatic rings. The molecule has 1 aromatic heterocycles. The molecule has 2 N–H and O–H groups in total. The molecule has 0 bridgehead atoms. The molecule has 2 heterocycles. The van der Waals surface area contributed by atoms with Crippen LogP contribution in [0.1, 0.15) is 5.56 Å². The summed E-state index contributed by atoms with van der Waals surface area (Å²) in [7, 11) is -2.89. The van der Waals surface area contributed by atoms with Gasteiger partial charge in [-0.15, -0.1) is 0 Å². The largest absolute Gasteiger partial charge is 0.354 e. The van der Waals surface area contributed by atoms with Crippen LogP contribution in [0.5, 0.6) is 0 Å². The van der Waals surface area contributed by atoms with E-state index in [1.165, 1.54) is 0 Å². The van der Waals surface area contributed by atoms with Gasteiger partial charge in [0.05, 0.1) is 17.0 Å². The maximum Gasteiger partial charge on any atom is 0.153 e. The van der Waals surface area contributed by atoms with Crippen LogP contribution in [0.3, 0.4) is 0 Å². The van der Waals surface area contributed by atoms with Gasteiger partial charge >= 0.3 is 0 Å². The Hall–Kier alpha value is -1.66. The third kappa shape index (κ3) is 3.01. The molecule has 0 radical (unpaired) electrons. The number of benzene rings is 1. The summed E-state index contributed by atoms with van der Waals surface area (Å²) < 4.78 is 23.2. The average molecular weight is 305 g/mol. The lowest BCUT2D eigenvalue weighted by Crippen LogP contribution is -2.41. The number of pyridine rings is 1. The second-order valence-corrected chi connectivity index (χ2v) is 7.64. The summed E-state index contributed by atoms with van der Waals surface area (Å²) in [6, 6.07) is 10.1. The summed E-state index contributed by atoms with van der Waals surface area (Å²) in [5.41, 5.74) is 7.73. The second kappa shape index (κ2) is 5.61. The Kier molecular flexibility index (Phi) is 3.82. The lowest BCUT2D eigenvalue weighted by atomic mass is 10.1. The first-order chi connectivity index (χ1) is 10.1. The average Bonchev–Trinajstić information content (AvgIpc) is 2.47. The fourth-order valence-corrected chi connectivity index (χ4v) is 3.89. The van der Waals surface area contributed by atoms with Gasteiger partial charge in [0, 0.05) is 18.5 Å². The molecule has 21 heavy (non-hydrogen) atoms. The number of nitrogens with two attached hydrogens (primary N) is 1. The molecule has 3 rings (SSSR count). The lowest BCUT2D eigenvalue weighted by Gasteiger charge is -2.29. The molecular weight excluding hydrogens is 286 g/mol. The van der Waals surface area contributed by atoms with Crippen LogP contribution in [0, 0.1) is 0 Å². The number of hydrogen-bond donors (Lipinski definition) is 1. The molecule has 0 atom stereocenters. The molecular formula is C15H19N3O2S. The van der Waals surface area contributed by atoms with E-state index in [9.17, 15) is 8.42 Å². The number of rotatable bonds is 3. The van der Waals surface area contributed by atoms with E-state index in [4.69, 9.17) is 10.7 Å². The van der Waals surface area contributed by atoms with E-state index >= 15 is 0 Å². The van der Waals surface area contributed by atoms with Crippen molar-refractivity contribution >= 4 is 26.6 Å². The Labute approximate surface area is 124 Å². The third-order valence-electron chi connectivity index (χ3n) is 3.84. The van der Waals surface area contributed by atoms with Crippen molar-refractivity contribution in [1.82, 2.24) is 4.98 Å². The monoisotopic (exact) mass is 305 g/mol. The van der Waals surface area contributed by atoms with Crippen molar-refractivity contribution in [2.75, 3.05) is 36.0 Å². The van der Waals surface area contributed by atoms with Crippen molar-refractivity contribution in [2.45, 2.75) is 6.42 Å². The summed E-state index contributed by atoms with van der Waals surface area (Å²) in [5, 5.41) is 1.09. The minimum atomic E-state index is -2.89. The van der Waals surface area contributed by atoms with Crippen LogP contribution in [0.2, 0.25) is 0 Å². The molecule has 1 fully saturated rings. The van der Waals surface area contributed by atoms with E-state index in [0.717, 1.165) is 28.7 Å². The summed E-state index contributed by atoms with van der Waals surface area (Å²) in [6.45, 7) is 1.57. The smallest absolute Gasteiger partial charge is 0.153 e. The SMILES string of the molecule is NCCc1cc2ccccc2nc1N1CCS(=O)(=O)CC1. The van der Waals surface area contributed by atoms with Crippen molar-refractivity contribution < 1.29 is 8.42 Å². The number of aromatic nitrogens is 1. The van der Waals surface area contributed by atoms with E-state index in [-0.39, 0.29) is 11.5 Å². The number of sulfone groups is 1. The Morgan fingerprint density at radius 1 is 1.19 bits per heavy atom. The molecule has 1 aliphatic heterocycles. The molecule has 1 aromatic carbocycles. The molecule has 5 nitrogen and oxygen atoms in total. The highest BCUT2D eigenvalue weighted by Crippen LogP contribution is 2.25. The standard InChI is InChI=1S/C15H19N3O2S/c16-6-5-13-11-12-3-1-2-4-14(12)17-15(13)18-7-9-21(19,20)10-8-18/h1-4,11H,5-10,16H2. The summed E-state index contributed by atoms with van der Waals surface area (Å²) >= 11 is 0. The fraction of sp³-hybridized carbons (Fsp3) is 0.400. The van der Waals surface area contributed by atoms with E-state index in [2.05, 4.69) is 11.0 Å². The van der Waals surface area contributed by atoms with Crippen LogP contribution in [0.25, 0.3) is 10.9 Å². The Balaban J connectivity index is 2.01. The summed E-state index contributed by atoms with van der Waals surface area (Å²) in [5.74, 6) is 1.28. The maximum atomic E-state index is 11.6. The highest BCUT2D eigenvalue weighted by Gasteiger charge is 2.24. The maximum absolute atomic E-state index is 11.6. The van der Waals surface area contributed by atoms with Gasteiger partial charge in [-0.1, -0.05) is 18.2 Å². The number of hydrogen-bond acceptors (Lipinski definition) is 5. The minimum Gasteiger partial charge on any atom is -0.354 e. The molecule has 6 heteroatoms. The van der Waals surface area contributed by atoms with Crippen molar-refractivity contribution in [2.24, 2.45) is 5.73 Å². The van der Waals surface area contributed by atoms with Gasteiger partial charge in [-0.05, 0) is 30.7 Å². The second-order valence-electron chi connectivity index (χ2n) is 5.34. The molecule has 0 aliphatic carbocycles. The van der Waals surface area contributed by atoms with Gasteiger partial charge in [0.15, 0.2) is 9.84 Å². The molecule has 0 saturated carbocycles. The first-order valence-electron chi connectivity index (χ1n) is 7.13. The number of fused-ring (bicyclic) bond motifs is 1. The van der Waals surface area contributed by atoms with Crippen LogP contribution < -0.4 is 10.6 Å². The predicted octanol–water partition coefficient (Wildman–Crippen LogP) is 0.971. The minimum absolute atomic E-state index is 0.198. The van der Waals surface area contributed by atoms with E-state index in [0.29, 0.717) is 19.6 Å². The van der Waals surface area contributed by atoms with Crippen LogP contribution >= 0.6 is 0 Å². The highest BCUT2D eigenvalue weighted by atomic mass is 32.2. The summed E-state index contributed by atoms with van der Waals surface area (Å²) in [6.07, 6.45) is 0.746. The van der Waals surface area contributed by atoms with Crippen LogP contribution in [0.4, 0.5) is 5.82 Å². The Morgan fingerprint density at radius 3 is 2.62 bits per heavy atom.